The standard InChI is InChI=1S/C16H19IN4S/c1-3-5-9-18-15-19-13(4-2)11-21(15)16(22)20-14-8-6-7-12(17)10-14/h3,5-10,13H,1,4,11H2,2H3,(H,18,19)(H,20,22)/b9-5+. The molecule has 0 radical (unpaired) electrons. The Bertz CT molecular complexity index is 612. The zero-order valence-corrected chi connectivity index (χ0v) is 15.4. The molecule has 0 amide bonds. The van der Waals surface area contributed by atoms with Crippen molar-refractivity contribution in [2.75, 3.05) is 11.9 Å². The normalized spacial score (nSPS) is 17.5. The molecule has 1 atom stereocenters. The predicted octanol–water partition coefficient (Wildman–Crippen LogP) is 3.73. The van der Waals surface area contributed by atoms with Crippen LogP contribution < -0.4 is 10.6 Å². The zero-order valence-electron chi connectivity index (χ0n) is 12.4. The Labute approximate surface area is 150 Å². The number of hydrogen-bond donors (Lipinski definition) is 2. The number of guanidine groups is 1. The SMILES string of the molecule is C=C/C=C/NC1=NC(CC)CN1C(=S)Nc1cccc(I)c1. The average Bonchev–Trinajstić information content (AvgIpc) is 2.91. The van der Waals surface area contributed by atoms with Crippen molar-refractivity contribution in [1.29, 1.82) is 0 Å². The van der Waals surface area contributed by atoms with Gasteiger partial charge in [0, 0.05) is 15.5 Å². The molecule has 0 fully saturated rings. The molecule has 0 saturated carbocycles. The summed E-state index contributed by atoms with van der Waals surface area (Å²) >= 11 is 7.83. The lowest BCUT2D eigenvalue weighted by Gasteiger charge is -2.22. The fourth-order valence-electron chi connectivity index (χ4n) is 2.04. The smallest absolute Gasteiger partial charge is 0.204 e. The Balaban J connectivity index is 2.08. The number of halogens is 1. The van der Waals surface area contributed by atoms with Gasteiger partial charge in [0.2, 0.25) is 5.96 Å². The van der Waals surface area contributed by atoms with Crippen LogP contribution in [0.1, 0.15) is 13.3 Å². The Morgan fingerprint density at radius 2 is 2.41 bits per heavy atom. The van der Waals surface area contributed by atoms with E-state index >= 15 is 0 Å². The topological polar surface area (TPSA) is 39.7 Å². The maximum absolute atomic E-state index is 5.54. The third-order valence-corrected chi connectivity index (χ3v) is 4.18. The van der Waals surface area contributed by atoms with Crippen LogP contribution in [0.4, 0.5) is 5.69 Å². The summed E-state index contributed by atoms with van der Waals surface area (Å²) in [6.45, 7) is 6.57. The van der Waals surface area contributed by atoms with E-state index in [9.17, 15) is 0 Å². The Kier molecular flexibility index (Phi) is 6.38. The van der Waals surface area contributed by atoms with Gasteiger partial charge in [-0.2, -0.15) is 0 Å². The molecule has 6 heteroatoms. The van der Waals surface area contributed by atoms with Gasteiger partial charge < -0.3 is 10.6 Å². The molecule has 1 heterocycles. The molecule has 22 heavy (non-hydrogen) atoms. The molecular weight excluding hydrogens is 407 g/mol. The van der Waals surface area contributed by atoms with Crippen LogP contribution in [0.5, 0.6) is 0 Å². The van der Waals surface area contributed by atoms with Crippen LogP contribution in [0.25, 0.3) is 0 Å². The highest BCUT2D eigenvalue weighted by molar-refractivity contribution is 14.1. The number of rotatable bonds is 4. The van der Waals surface area contributed by atoms with E-state index < -0.39 is 0 Å². The fraction of sp³-hybridized carbons (Fsp3) is 0.250. The van der Waals surface area contributed by atoms with E-state index in [1.807, 2.05) is 35.4 Å². The second kappa shape index (κ2) is 8.28. The maximum Gasteiger partial charge on any atom is 0.204 e. The van der Waals surface area contributed by atoms with Gasteiger partial charge in [-0.15, -0.1) is 0 Å². The molecule has 2 N–H and O–H groups in total. The highest BCUT2D eigenvalue weighted by Crippen LogP contribution is 2.16. The molecule has 1 aliphatic heterocycles. The molecule has 0 aromatic heterocycles. The lowest BCUT2D eigenvalue weighted by Crippen LogP contribution is -2.43. The number of hydrogen-bond acceptors (Lipinski definition) is 3. The molecule has 0 saturated heterocycles. The van der Waals surface area contributed by atoms with Crippen LogP contribution in [-0.2, 0) is 0 Å². The largest absolute Gasteiger partial charge is 0.332 e. The van der Waals surface area contributed by atoms with Crippen molar-refractivity contribution in [3.8, 4) is 0 Å². The quantitative estimate of drug-likeness (QED) is 0.438. The molecule has 116 valence electrons. The van der Waals surface area contributed by atoms with Crippen molar-refractivity contribution in [3.63, 3.8) is 0 Å². The Hall–Kier alpha value is -1.41. The van der Waals surface area contributed by atoms with Crippen LogP contribution in [0.15, 0.2) is 54.2 Å². The second-order valence-electron chi connectivity index (χ2n) is 4.81. The van der Waals surface area contributed by atoms with E-state index in [0.717, 1.165) is 24.6 Å². The van der Waals surface area contributed by atoms with Crippen molar-refractivity contribution >= 4 is 51.6 Å². The Morgan fingerprint density at radius 3 is 3.09 bits per heavy atom. The van der Waals surface area contributed by atoms with Gasteiger partial charge in [-0.1, -0.05) is 25.6 Å². The summed E-state index contributed by atoms with van der Waals surface area (Å²) in [4.78, 5) is 6.65. The third-order valence-electron chi connectivity index (χ3n) is 3.19. The highest BCUT2D eigenvalue weighted by Gasteiger charge is 2.26. The number of nitrogens with zero attached hydrogens (tertiary/aromatic N) is 2. The van der Waals surface area contributed by atoms with Gasteiger partial charge in [-0.25, -0.2) is 4.99 Å². The summed E-state index contributed by atoms with van der Waals surface area (Å²) in [5.74, 6) is 0.771. The molecule has 1 unspecified atom stereocenters. The monoisotopic (exact) mass is 426 g/mol. The number of nitrogens with one attached hydrogen (secondary N) is 2. The molecule has 1 aromatic rings. The molecule has 0 bridgehead atoms. The van der Waals surface area contributed by atoms with Gasteiger partial charge in [0.25, 0.3) is 0 Å². The van der Waals surface area contributed by atoms with Crippen molar-refractivity contribution in [2.45, 2.75) is 19.4 Å². The second-order valence-corrected chi connectivity index (χ2v) is 6.44. The highest BCUT2D eigenvalue weighted by atomic mass is 127. The van der Waals surface area contributed by atoms with Gasteiger partial charge in [0.05, 0.1) is 12.6 Å². The summed E-state index contributed by atoms with van der Waals surface area (Å²) < 4.78 is 1.17. The summed E-state index contributed by atoms with van der Waals surface area (Å²) in [7, 11) is 0. The van der Waals surface area contributed by atoms with E-state index in [1.54, 1.807) is 6.08 Å². The number of allylic oxidation sites excluding steroid dienone is 2. The summed E-state index contributed by atoms with van der Waals surface area (Å²) in [6.07, 6.45) is 6.34. The van der Waals surface area contributed by atoms with E-state index in [1.165, 1.54) is 3.57 Å². The molecule has 2 rings (SSSR count). The van der Waals surface area contributed by atoms with E-state index in [-0.39, 0.29) is 6.04 Å². The number of thiocarbonyl (C=S) groups is 1. The molecule has 0 aliphatic carbocycles. The van der Waals surface area contributed by atoms with Gasteiger partial charge in [-0.05, 0) is 65.5 Å². The predicted molar refractivity (Wildman–Crippen MR) is 106 cm³/mol. The first-order valence-corrected chi connectivity index (χ1v) is 8.58. The maximum atomic E-state index is 5.54. The van der Waals surface area contributed by atoms with Crippen LogP contribution in [0, 0.1) is 3.57 Å². The summed E-state index contributed by atoms with van der Waals surface area (Å²) in [6, 6.07) is 8.37. The Morgan fingerprint density at radius 1 is 1.59 bits per heavy atom. The van der Waals surface area contributed by atoms with Crippen LogP contribution in [-0.4, -0.2) is 28.6 Å². The lowest BCUT2D eigenvalue weighted by atomic mass is 10.2. The van der Waals surface area contributed by atoms with Crippen molar-refractivity contribution in [1.82, 2.24) is 10.2 Å². The minimum Gasteiger partial charge on any atom is -0.332 e. The van der Waals surface area contributed by atoms with Gasteiger partial charge in [0.1, 0.15) is 0 Å². The van der Waals surface area contributed by atoms with E-state index in [2.05, 4.69) is 57.8 Å². The van der Waals surface area contributed by atoms with Gasteiger partial charge in [-0.3, -0.25) is 4.90 Å². The molecule has 1 aliphatic rings. The number of anilines is 1. The molecular formula is C16H19IN4S. The minimum atomic E-state index is 0.260. The van der Waals surface area contributed by atoms with Crippen molar-refractivity contribution < 1.29 is 0 Å². The summed E-state index contributed by atoms with van der Waals surface area (Å²) in [5.41, 5.74) is 0.984. The first kappa shape index (κ1) is 17.0. The fourth-order valence-corrected chi connectivity index (χ4v) is 2.87. The van der Waals surface area contributed by atoms with Crippen LogP contribution in [0.3, 0.4) is 0 Å². The molecule has 4 nitrogen and oxygen atoms in total. The average molecular weight is 426 g/mol. The number of benzene rings is 1. The van der Waals surface area contributed by atoms with Gasteiger partial charge >= 0.3 is 0 Å². The first-order chi connectivity index (χ1) is 10.6. The van der Waals surface area contributed by atoms with Crippen LogP contribution in [0.2, 0.25) is 0 Å². The molecule has 1 aromatic carbocycles. The lowest BCUT2D eigenvalue weighted by molar-refractivity contribution is 0.561. The van der Waals surface area contributed by atoms with Crippen LogP contribution >= 0.6 is 34.8 Å². The third kappa shape index (κ3) is 4.54. The minimum absolute atomic E-state index is 0.260. The zero-order chi connectivity index (χ0) is 15.9. The van der Waals surface area contributed by atoms with E-state index in [4.69, 9.17) is 12.2 Å². The van der Waals surface area contributed by atoms with E-state index in [0.29, 0.717) is 5.11 Å². The number of aliphatic imine (C=N–C) groups is 1. The summed E-state index contributed by atoms with van der Waals surface area (Å²) in [5, 5.41) is 7.10. The molecule has 0 spiro atoms. The first-order valence-electron chi connectivity index (χ1n) is 7.10. The van der Waals surface area contributed by atoms with Crippen molar-refractivity contribution in [2.24, 2.45) is 4.99 Å². The van der Waals surface area contributed by atoms with Crippen molar-refractivity contribution in [3.05, 3.63) is 52.8 Å². The van der Waals surface area contributed by atoms with Gasteiger partial charge in [0.15, 0.2) is 5.11 Å².